The lowest BCUT2D eigenvalue weighted by atomic mass is 9.90. The molecule has 2 N–H and O–H groups in total. The lowest BCUT2D eigenvalue weighted by Gasteiger charge is -2.31. The predicted molar refractivity (Wildman–Crippen MR) is 119 cm³/mol. The highest BCUT2D eigenvalue weighted by molar-refractivity contribution is 7.81. The molecule has 0 bridgehead atoms. The number of rotatable bonds is 10. The minimum Gasteiger partial charge on any atom is -0.464 e. The number of hydrogen-bond acceptors (Lipinski definition) is 6. The summed E-state index contributed by atoms with van der Waals surface area (Å²) < 4.78 is 10.7. The van der Waals surface area contributed by atoms with Crippen molar-refractivity contribution in [1.29, 1.82) is 0 Å². The van der Waals surface area contributed by atoms with Gasteiger partial charge in [-0.1, -0.05) is 51.1 Å². The van der Waals surface area contributed by atoms with E-state index in [2.05, 4.69) is 23.3 Å². The zero-order valence-corrected chi connectivity index (χ0v) is 19.5. The summed E-state index contributed by atoms with van der Waals surface area (Å²) in [7, 11) is 0. The summed E-state index contributed by atoms with van der Waals surface area (Å²) in [5, 5.41) is 4.74. The van der Waals surface area contributed by atoms with Crippen molar-refractivity contribution >= 4 is 30.4 Å². The van der Waals surface area contributed by atoms with E-state index in [-0.39, 0.29) is 24.5 Å². The van der Waals surface area contributed by atoms with E-state index >= 15 is 0 Å². The highest BCUT2D eigenvalue weighted by atomic mass is 32.1. The molecule has 0 saturated heterocycles. The molecule has 0 saturated carbocycles. The van der Waals surface area contributed by atoms with Crippen LogP contribution in [0.15, 0.2) is 30.3 Å². The van der Waals surface area contributed by atoms with Gasteiger partial charge in [-0.25, -0.2) is 4.79 Å². The van der Waals surface area contributed by atoms with Crippen LogP contribution in [0.1, 0.15) is 47.1 Å². The van der Waals surface area contributed by atoms with E-state index in [1.807, 2.05) is 51.1 Å². The van der Waals surface area contributed by atoms with E-state index in [1.54, 1.807) is 20.8 Å². The quantitative estimate of drug-likeness (QED) is 0.385. The van der Waals surface area contributed by atoms with Crippen LogP contribution in [0.2, 0.25) is 0 Å². The van der Waals surface area contributed by atoms with E-state index in [9.17, 15) is 14.4 Å². The summed E-state index contributed by atoms with van der Waals surface area (Å²) in [6.07, 6.45) is 0. The fourth-order valence-electron chi connectivity index (χ4n) is 2.45. The molecule has 168 valence electrons. The van der Waals surface area contributed by atoms with Crippen molar-refractivity contribution in [1.82, 2.24) is 10.6 Å². The number of ether oxygens (including phenoxy) is 2. The summed E-state index contributed by atoms with van der Waals surface area (Å²) in [6, 6.07) is 8.49. The second-order valence-corrected chi connectivity index (χ2v) is 9.18. The third-order valence-electron chi connectivity index (χ3n) is 4.34. The first-order valence-electron chi connectivity index (χ1n) is 9.98. The minimum atomic E-state index is -1.26. The van der Waals surface area contributed by atoms with Gasteiger partial charge in [-0.05, 0) is 31.7 Å². The van der Waals surface area contributed by atoms with Crippen LogP contribution in [-0.4, -0.2) is 47.8 Å². The Kier molecular flexibility index (Phi) is 9.84. The molecule has 0 aromatic heterocycles. The van der Waals surface area contributed by atoms with Gasteiger partial charge < -0.3 is 20.1 Å². The molecule has 2 amide bonds. The molecule has 0 aliphatic rings. The van der Waals surface area contributed by atoms with Crippen LogP contribution in [0.4, 0.5) is 0 Å². The molecular weight excluding hydrogens is 404 g/mol. The average Bonchev–Trinajstić information content (AvgIpc) is 2.66. The fourth-order valence-corrected chi connectivity index (χ4v) is 2.51. The third kappa shape index (κ3) is 8.36. The topological polar surface area (TPSA) is 93.7 Å². The Morgan fingerprint density at radius 1 is 1.07 bits per heavy atom. The van der Waals surface area contributed by atoms with Crippen LogP contribution >= 0.6 is 12.6 Å². The van der Waals surface area contributed by atoms with Crippen LogP contribution in [0, 0.1) is 5.41 Å². The summed E-state index contributed by atoms with van der Waals surface area (Å²) >= 11 is 4.36. The van der Waals surface area contributed by atoms with Gasteiger partial charge >= 0.3 is 5.97 Å². The molecule has 2 atom stereocenters. The van der Waals surface area contributed by atoms with Gasteiger partial charge in [0.25, 0.3) is 0 Å². The molecule has 0 radical (unpaired) electrons. The van der Waals surface area contributed by atoms with Gasteiger partial charge in [-0.3, -0.25) is 9.59 Å². The second kappa shape index (κ2) is 11.4. The van der Waals surface area contributed by atoms with E-state index in [0.717, 1.165) is 5.56 Å². The van der Waals surface area contributed by atoms with Gasteiger partial charge in [0.05, 0.1) is 25.1 Å². The average molecular weight is 439 g/mol. The lowest BCUT2D eigenvalue weighted by molar-refractivity contribution is -0.150. The van der Waals surface area contributed by atoms with Crippen molar-refractivity contribution in [2.45, 2.75) is 65.0 Å². The third-order valence-corrected chi connectivity index (χ3v) is 5.35. The maximum atomic E-state index is 12.8. The molecule has 1 rings (SSSR count). The van der Waals surface area contributed by atoms with Crippen molar-refractivity contribution in [3.63, 3.8) is 0 Å². The van der Waals surface area contributed by atoms with Crippen LogP contribution in [0.25, 0.3) is 0 Å². The maximum Gasteiger partial charge on any atom is 0.331 e. The van der Waals surface area contributed by atoms with Crippen LogP contribution in [0.3, 0.4) is 0 Å². The Bertz CT molecular complexity index is 716. The maximum absolute atomic E-state index is 12.8. The minimum absolute atomic E-state index is 0.0549. The molecule has 0 spiro atoms. The number of benzene rings is 1. The van der Waals surface area contributed by atoms with Crippen LogP contribution < -0.4 is 10.6 Å². The number of thiol groups is 1. The van der Waals surface area contributed by atoms with Crippen molar-refractivity contribution in [3.8, 4) is 0 Å². The van der Waals surface area contributed by atoms with Gasteiger partial charge in [-0.2, -0.15) is 12.6 Å². The molecule has 7 nitrogen and oxygen atoms in total. The molecule has 0 aliphatic carbocycles. The smallest absolute Gasteiger partial charge is 0.331 e. The molecule has 0 fully saturated rings. The van der Waals surface area contributed by atoms with Gasteiger partial charge in [0.2, 0.25) is 11.8 Å². The largest absolute Gasteiger partial charge is 0.464 e. The molecule has 30 heavy (non-hydrogen) atoms. The van der Waals surface area contributed by atoms with Crippen molar-refractivity contribution in [3.05, 3.63) is 35.9 Å². The van der Waals surface area contributed by atoms with E-state index in [0.29, 0.717) is 6.61 Å². The zero-order valence-electron chi connectivity index (χ0n) is 18.7. The standard InChI is InChI=1S/C22H34N2O5S/c1-7-29-19(26)16(14-28-13-15-11-9-8-10-12-15)23-20(27)22(5,6)24-18(25)17(30)21(2,3)4/h8-12,16-17,30H,7,13-14H2,1-6H3,(H,23,27)(H,24,25). The number of carbonyl (C=O) groups is 3. The Labute approximate surface area is 184 Å². The summed E-state index contributed by atoms with van der Waals surface area (Å²) in [4.78, 5) is 37.6. The molecule has 0 aliphatic heterocycles. The van der Waals surface area contributed by atoms with Crippen molar-refractivity contribution in [2.24, 2.45) is 5.41 Å². The first-order chi connectivity index (χ1) is 13.9. The van der Waals surface area contributed by atoms with E-state index < -0.39 is 28.7 Å². The Morgan fingerprint density at radius 2 is 1.67 bits per heavy atom. The van der Waals surface area contributed by atoms with E-state index in [4.69, 9.17) is 9.47 Å². The van der Waals surface area contributed by atoms with Gasteiger partial charge in [0.15, 0.2) is 6.04 Å². The van der Waals surface area contributed by atoms with E-state index in [1.165, 1.54) is 0 Å². The summed E-state index contributed by atoms with van der Waals surface area (Å²) in [6.45, 7) is 10.9. The van der Waals surface area contributed by atoms with Crippen molar-refractivity contribution < 1.29 is 23.9 Å². The molecule has 1 aromatic carbocycles. The van der Waals surface area contributed by atoms with Crippen LogP contribution in [-0.2, 0) is 30.5 Å². The molecular formula is C22H34N2O5S. The van der Waals surface area contributed by atoms with Crippen molar-refractivity contribution in [2.75, 3.05) is 13.2 Å². The molecule has 8 heteroatoms. The highest BCUT2D eigenvalue weighted by Gasteiger charge is 2.37. The number of hydrogen-bond donors (Lipinski definition) is 3. The zero-order chi connectivity index (χ0) is 22.9. The predicted octanol–water partition coefficient (Wildman–Crippen LogP) is 2.49. The normalized spacial score (nSPS) is 13.8. The highest BCUT2D eigenvalue weighted by Crippen LogP contribution is 2.24. The number of nitrogens with one attached hydrogen (secondary N) is 2. The number of amides is 2. The Hall–Kier alpha value is -2.06. The SMILES string of the molecule is CCOC(=O)C(COCc1ccccc1)NC(=O)C(C)(C)NC(=O)C(S)C(C)(C)C. The number of esters is 1. The number of carbonyl (C=O) groups excluding carboxylic acids is 3. The molecule has 1 aromatic rings. The summed E-state index contributed by atoms with van der Waals surface area (Å²) in [5.41, 5.74) is -0.688. The van der Waals surface area contributed by atoms with Crippen LogP contribution in [0.5, 0.6) is 0 Å². The molecule has 0 heterocycles. The second-order valence-electron chi connectivity index (χ2n) is 8.66. The fraction of sp³-hybridized carbons (Fsp3) is 0.591. The first kappa shape index (κ1) is 26.0. The first-order valence-corrected chi connectivity index (χ1v) is 10.5. The van der Waals surface area contributed by atoms with Gasteiger partial charge in [0.1, 0.15) is 5.54 Å². The monoisotopic (exact) mass is 438 g/mol. The molecule has 2 unspecified atom stereocenters. The van der Waals surface area contributed by atoms with Gasteiger partial charge in [-0.15, -0.1) is 0 Å². The Morgan fingerprint density at radius 3 is 2.20 bits per heavy atom. The Balaban J connectivity index is 2.76. The summed E-state index contributed by atoms with van der Waals surface area (Å²) in [5.74, 6) is -1.48. The lowest BCUT2D eigenvalue weighted by Crippen LogP contribution is -2.60. The van der Waals surface area contributed by atoms with Gasteiger partial charge in [0, 0.05) is 0 Å².